The van der Waals surface area contributed by atoms with E-state index < -0.39 is 0 Å². The van der Waals surface area contributed by atoms with E-state index in [4.69, 9.17) is 4.74 Å². The molecule has 2 fully saturated rings. The van der Waals surface area contributed by atoms with Crippen LogP contribution in [0.1, 0.15) is 35.2 Å². The summed E-state index contributed by atoms with van der Waals surface area (Å²) >= 11 is 0. The largest absolute Gasteiger partial charge is 0.376 e. The van der Waals surface area contributed by atoms with Crippen LogP contribution in [0.15, 0.2) is 24.3 Å². The van der Waals surface area contributed by atoms with Crippen molar-refractivity contribution in [2.75, 3.05) is 44.6 Å². The standard InChI is InChI=1S/C25H32FN5O2/c1-18-19(2)31(16-21-7-5-13-33-21)25(22(18)14-27)28-24(32)17-30-11-9-29(10-12-30)15-20-6-3-4-8-23(20)26/h3-4,6,8,21H,5,7,9-13,15-17H2,1-2H3,(H,28,32)/t21-/m1/s1. The zero-order valence-electron chi connectivity index (χ0n) is 19.4. The average molecular weight is 454 g/mol. The highest BCUT2D eigenvalue weighted by Gasteiger charge is 2.25. The number of halogens is 1. The minimum absolute atomic E-state index is 0.111. The Kier molecular flexibility index (Phi) is 7.43. The number of carbonyl (C=O) groups excluding carboxylic acids is 1. The summed E-state index contributed by atoms with van der Waals surface area (Å²) in [6, 6.07) is 9.13. The summed E-state index contributed by atoms with van der Waals surface area (Å²) in [6.07, 6.45) is 2.14. The van der Waals surface area contributed by atoms with Gasteiger partial charge in [0.2, 0.25) is 5.91 Å². The van der Waals surface area contributed by atoms with Crippen molar-refractivity contribution in [1.29, 1.82) is 5.26 Å². The molecule has 2 aliphatic heterocycles. The van der Waals surface area contributed by atoms with Crippen LogP contribution in [0.2, 0.25) is 0 Å². The van der Waals surface area contributed by atoms with Crippen LogP contribution >= 0.6 is 0 Å². The van der Waals surface area contributed by atoms with Crippen molar-refractivity contribution in [2.24, 2.45) is 0 Å². The molecule has 1 N–H and O–H groups in total. The molecule has 1 aromatic carbocycles. The summed E-state index contributed by atoms with van der Waals surface area (Å²) in [4.78, 5) is 17.2. The van der Waals surface area contributed by atoms with Gasteiger partial charge in [0.1, 0.15) is 17.7 Å². The van der Waals surface area contributed by atoms with Crippen molar-refractivity contribution in [3.63, 3.8) is 0 Å². The van der Waals surface area contributed by atoms with Gasteiger partial charge in [-0.2, -0.15) is 5.26 Å². The fourth-order valence-electron chi connectivity index (χ4n) is 4.70. The highest BCUT2D eigenvalue weighted by Crippen LogP contribution is 2.28. The number of carbonyl (C=O) groups is 1. The molecule has 0 unspecified atom stereocenters. The van der Waals surface area contributed by atoms with E-state index in [1.165, 1.54) is 6.07 Å². The SMILES string of the molecule is Cc1c(C#N)c(NC(=O)CN2CCN(Cc3ccccc3F)CC2)n(C[C@H]2CCCO2)c1C. The lowest BCUT2D eigenvalue weighted by molar-refractivity contribution is -0.117. The minimum atomic E-state index is -0.177. The van der Waals surface area contributed by atoms with Crippen LogP contribution in [0.3, 0.4) is 0 Å². The molecular formula is C25H32FN5O2. The number of nitrogens with zero attached hydrogens (tertiary/aromatic N) is 4. The minimum Gasteiger partial charge on any atom is -0.376 e. The third kappa shape index (κ3) is 5.44. The summed E-state index contributed by atoms with van der Waals surface area (Å²) in [6.45, 7) is 9.18. The summed E-state index contributed by atoms with van der Waals surface area (Å²) in [7, 11) is 0. The lowest BCUT2D eigenvalue weighted by atomic mass is 10.2. The van der Waals surface area contributed by atoms with Crippen LogP contribution in [0, 0.1) is 31.0 Å². The molecule has 0 saturated carbocycles. The predicted molar refractivity (Wildman–Crippen MR) is 124 cm³/mol. The quantitative estimate of drug-likeness (QED) is 0.698. The number of anilines is 1. The van der Waals surface area contributed by atoms with Crippen LogP contribution in [0.25, 0.3) is 0 Å². The van der Waals surface area contributed by atoms with Crippen LogP contribution < -0.4 is 5.32 Å². The lowest BCUT2D eigenvalue weighted by Gasteiger charge is -2.34. The summed E-state index contributed by atoms with van der Waals surface area (Å²) in [5.41, 5.74) is 3.10. The topological polar surface area (TPSA) is 73.5 Å². The molecule has 3 heterocycles. The second kappa shape index (κ2) is 10.5. The zero-order valence-corrected chi connectivity index (χ0v) is 19.4. The van der Waals surface area contributed by atoms with Gasteiger partial charge in [0, 0.05) is 50.6 Å². The van der Waals surface area contributed by atoms with E-state index in [0.29, 0.717) is 30.0 Å². The monoisotopic (exact) mass is 453 g/mol. The van der Waals surface area contributed by atoms with Crippen molar-refractivity contribution in [1.82, 2.24) is 14.4 Å². The fraction of sp³-hybridized carbons (Fsp3) is 0.520. The zero-order chi connectivity index (χ0) is 23.4. The maximum atomic E-state index is 13.9. The van der Waals surface area contributed by atoms with Crippen LogP contribution in [0.4, 0.5) is 10.2 Å². The summed E-state index contributed by atoms with van der Waals surface area (Å²) < 4.78 is 21.7. The molecule has 0 spiro atoms. The van der Waals surface area contributed by atoms with Crippen molar-refractivity contribution >= 4 is 11.7 Å². The maximum Gasteiger partial charge on any atom is 0.239 e. The van der Waals surface area contributed by atoms with Crippen LogP contribution in [-0.2, 0) is 22.6 Å². The van der Waals surface area contributed by atoms with E-state index in [-0.39, 0.29) is 24.4 Å². The summed E-state index contributed by atoms with van der Waals surface area (Å²) in [5, 5.41) is 12.7. The van der Waals surface area contributed by atoms with E-state index in [1.54, 1.807) is 6.07 Å². The number of nitrogens with one attached hydrogen (secondary N) is 1. The van der Waals surface area contributed by atoms with Crippen LogP contribution in [-0.4, -0.2) is 65.7 Å². The number of hydrogen-bond acceptors (Lipinski definition) is 5. The molecule has 1 aromatic heterocycles. The van der Waals surface area contributed by atoms with Gasteiger partial charge in [-0.15, -0.1) is 0 Å². The Morgan fingerprint density at radius 1 is 1.21 bits per heavy atom. The third-order valence-electron chi connectivity index (χ3n) is 6.79. The molecule has 33 heavy (non-hydrogen) atoms. The molecule has 1 atom stereocenters. The number of hydrogen-bond donors (Lipinski definition) is 1. The molecule has 7 nitrogen and oxygen atoms in total. The number of rotatable bonds is 7. The number of piperazine rings is 1. The Labute approximate surface area is 194 Å². The Hall–Kier alpha value is -2.73. The van der Waals surface area contributed by atoms with E-state index in [0.717, 1.165) is 56.9 Å². The van der Waals surface area contributed by atoms with Gasteiger partial charge >= 0.3 is 0 Å². The Morgan fingerprint density at radius 3 is 2.61 bits per heavy atom. The molecule has 176 valence electrons. The summed E-state index contributed by atoms with van der Waals surface area (Å²) in [5.74, 6) is 0.274. The van der Waals surface area contributed by atoms with E-state index in [9.17, 15) is 14.4 Å². The average Bonchev–Trinajstić information content (AvgIpc) is 3.39. The first kappa shape index (κ1) is 23.4. The number of benzene rings is 1. The van der Waals surface area contributed by atoms with E-state index >= 15 is 0 Å². The smallest absolute Gasteiger partial charge is 0.239 e. The van der Waals surface area contributed by atoms with Crippen molar-refractivity contribution in [3.8, 4) is 6.07 Å². The van der Waals surface area contributed by atoms with Crippen molar-refractivity contribution in [2.45, 2.75) is 45.9 Å². The fourth-order valence-corrected chi connectivity index (χ4v) is 4.70. The molecule has 0 bridgehead atoms. The number of ether oxygens (including phenoxy) is 1. The Balaban J connectivity index is 1.35. The number of amides is 1. The molecule has 8 heteroatoms. The highest BCUT2D eigenvalue weighted by atomic mass is 19.1. The predicted octanol–water partition coefficient (Wildman–Crippen LogP) is 3.05. The van der Waals surface area contributed by atoms with Crippen molar-refractivity contribution < 1.29 is 13.9 Å². The van der Waals surface area contributed by atoms with Gasteiger partial charge in [0.15, 0.2) is 0 Å². The van der Waals surface area contributed by atoms with Gasteiger partial charge in [-0.3, -0.25) is 14.6 Å². The number of aromatic nitrogens is 1. The first-order valence-electron chi connectivity index (χ1n) is 11.7. The van der Waals surface area contributed by atoms with E-state index in [2.05, 4.69) is 21.2 Å². The lowest BCUT2D eigenvalue weighted by Crippen LogP contribution is -2.48. The van der Waals surface area contributed by atoms with Crippen LogP contribution in [0.5, 0.6) is 0 Å². The second-order valence-electron chi connectivity index (χ2n) is 8.98. The van der Waals surface area contributed by atoms with E-state index in [1.807, 2.05) is 30.5 Å². The molecular weight excluding hydrogens is 421 g/mol. The first-order valence-corrected chi connectivity index (χ1v) is 11.7. The van der Waals surface area contributed by atoms with Gasteiger partial charge in [-0.1, -0.05) is 18.2 Å². The molecule has 0 aliphatic carbocycles. The number of nitriles is 1. The molecule has 2 aliphatic rings. The Morgan fingerprint density at radius 2 is 1.94 bits per heavy atom. The first-order chi connectivity index (χ1) is 16.0. The molecule has 0 radical (unpaired) electrons. The van der Waals surface area contributed by atoms with Gasteiger partial charge in [0.05, 0.1) is 24.8 Å². The Bertz CT molecular complexity index is 1030. The molecule has 2 aromatic rings. The highest BCUT2D eigenvalue weighted by molar-refractivity contribution is 5.93. The third-order valence-corrected chi connectivity index (χ3v) is 6.79. The van der Waals surface area contributed by atoms with Crippen molar-refractivity contribution in [3.05, 3.63) is 52.5 Å². The maximum absolute atomic E-state index is 13.9. The van der Waals surface area contributed by atoms with Gasteiger partial charge < -0.3 is 14.6 Å². The molecule has 1 amide bonds. The van der Waals surface area contributed by atoms with Gasteiger partial charge in [0.25, 0.3) is 0 Å². The second-order valence-corrected chi connectivity index (χ2v) is 8.98. The molecule has 2 saturated heterocycles. The molecule has 4 rings (SSSR count). The van der Waals surface area contributed by atoms with Gasteiger partial charge in [-0.05, 0) is 38.3 Å². The van der Waals surface area contributed by atoms with Gasteiger partial charge in [-0.25, -0.2) is 4.39 Å². The normalized spacial score (nSPS) is 19.5.